The summed E-state index contributed by atoms with van der Waals surface area (Å²) in [6, 6.07) is 0. The smallest absolute Gasteiger partial charge is 0.446 e. The first-order chi connectivity index (χ1) is 9.88. The minimum absolute atomic E-state index is 0.0398. The van der Waals surface area contributed by atoms with Crippen molar-refractivity contribution in [3.8, 4) is 0 Å². The molecule has 0 aromatic carbocycles. The van der Waals surface area contributed by atoms with Crippen LogP contribution >= 0.6 is 0 Å². The standard InChI is InChI=1S/C9H8F2O9S2/c10-9(11,22(15,16)17)6(12)19-8-4-2-7(8)3(18-7)1-5(8)21(13,14)20-4/h3-5H,1-2H2,(H,15,16,17). The Bertz CT molecular complexity index is 805. The maximum absolute atomic E-state index is 13.4. The van der Waals surface area contributed by atoms with Gasteiger partial charge < -0.3 is 9.47 Å². The fourth-order valence-corrected chi connectivity index (χ4v) is 5.92. The Morgan fingerprint density at radius 1 is 1.36 bits per heavy atom. The lowest BCUT2D eigenvalue weighted by Gasteiger charge is -2.46. The molecule has 5 atom stereocenters. The Balaban J connectivity index is 1.73. The molecule has 2 saturated carbocycles. The van der Waals surface area contributed by atoms with E-state index < -0.39 is 60.1 Å². The summed E-state index contributed by atoms with van der Waals surface area (Å²) in [7, 11) is -10.2. The van der Waals surface area contributed by atoms with Crippen LogP contribution in [0.2, 0.25) is 0 Å². The lowest BCUT2D eigenvalue weighted by Crippen LogP contribution is -2.69. The Hall–Kier alpha value is -0.890. The van der Waals surface area contributed by atoms with Gasteiger partial charge in [0.05, 0.1) is 6.10 Å². The molecule has 2 heterocycles. The minimum atomic E-state index is -6.05. The number of carbonyl (C=O) groups excluding carboxylic acids is 1. The van der Waals surface area contributed by atoms with Crippen molar-refractivity contribution in [2.45, 2.75) is 46.8 Å². The van der Waals surface area contributed by atoms with Crippen LogP contribution in [0.1, 0.15) is 12.8 Å². The van der Waals surface area contributed by atoms with E-state index in [0.717, 1.165) is 0 Å². The van der Waals surface area contributed by atoms with Crippen LogP contribution in [0.5, 0.6) is 0 Å². The lowest BCUT2D eigenvalue weighted by molar-refractivity contribution is -0.220. The summed E-state index contributed by atoms with van der Waals surface area (Å²) in [4.78, 5) is 11.5. The van der Waals surface area contributed by atoms with Crippen LogP contribution in [0, 0.1) is 0 Å². The van der Waals surface area contributed by atoms with Crippen LogP contribution < -0.4 is 0 Å². The molecular weight excluding hydrogens is 354 g/mol. The molecule has 4 aliphatic rings. The van der Waals surface area contributed by atoms with Crippen molar-refractivity contribution in [3.05, 3.63) is 0 Å². The summed E-state index contributed by atoms with van der Waals surface area (Å²) in [6.45, 7) is 0. The van der Waals surface area contributed by atoms with Crippen molar-refractivity contribution in [1.29, 1.82) is 0 Å². The van der Waals surface area contributed by atoms with Crippen LogP contribution in [0.25, 0.3) is 0 Å². The number of esters is 1. The second-order valence-electron chi connectivity index (χ2n) is 5.68. The molecule has 0 amide bonds. The van der Waals surface area contributed by atoms with Crippen LogP contribution in [0.3, 0.4) is 0 Å². The summed E-state index contributed by atoms with van der Waals surface area (Å²) < 4.78 is 94.6. The van der Waals surface area contributed by atoms with Crippen molar-refractivity contribution in [2.24, 2.45) is 0 Å². The predicted molar refractivity (Wildman–Crippen MR) is 59.7 cm³/mol. The van der Waals surface area contributed by atoms with Gasteiger partial charge in [0.15, 0.2) is 5.60 Å². The maximum Gasteiger partial charge on any atom is 0.465 e. The van der Waals surface area contributed by atoms with Gasteiger partial charge in [0, 0.05) is 6.42 Å². The largest absolute Gasteiger partial charge is 0.465 e. The summed E-state index contributed by atoms with van der Waals surface area (Å²) in [5.74, 6) is -2.55. The van der Waals surface area contributed by atoms with Crippen LogP contribution in [-0.2, 0) is 38.7 Å². The number of hydrogen-bond acceptors (Lipinski definition) is 8. The van der Waals surface area contributed by atoms with E-state index in [-0.39, 0.29) is 12.8 Å². The van der Waals surface area contributed by atoms with Crippen LogP contribution in [-0.4, -0.2) is 61.3 Å². The fourth-order valence-electron chi connectivity index (χ4n) is 3.76. The molecule has 2 aliphatic carbocycles. The van der Waals surface area contributed by atoms with Crippen molar-refractivity contribution in [1.82, 2.24) is 0 Å². The van der Waals surface area contributed by atoms with E-state index in [1.807, 2.05) is 0 Å². The normalized spacial score (nSPS) is 47.3. The second kappa shape index (κ2) is 3.45. The fraction of sp³-hybridized carbons (Fsp3) is 0.889. The number of hydrogen-bond donors (Lipinski definition) is 1. The Morgan fingerprint density at radius 3 is 2.59 bits per heavy atom. The number of ether oxygens (including phenoxy) is 2. The molecular formula is C9H8F2O9S2. The highest BCUT2D eigenvalue weighted by atomic mass is 32.2. The van der Waals surface area contributed by atoms with Crippen molar-refractivity contribution >= 4 is 26.2 Å². The summed E-state index contributed by atoms with van der Waals surface area (Å²) in [5.41, 5.74) is -3.21. The quantitative estimate of drug-likeness (QED) is 0.284. The zero-order valence-corrected chi connectivity index (χ0v) is 12.1. The monoisotopic (exact) mass is 362 g/mol. The van der Waals surface area contributed by atoms with E-state index >= 15 is 0 Å². The van der Waals surface area contributed by atoms with Crippen LogP contribution in [0.15, 0.2) is 0 Å². The lowest BCUT2D eigenvalue weighted by atomic mass is 9.67. The average Bonchev–Trinajstić information content (AvgIpc) is 2.96. The van der Waals surface area contributed by atoms with E-state index in [9.17, 15) is 30.4 Å². The van der Waals surface area contributed by atoms with Gasteiger partial charge in [0.1, 0.15) is 17.0 Å². The first-order valence-corrected chi connectivity index (χ1v) is 8.98. The SMILES string of the molecule is O=C(OC12C3CC14OC4CC2S(=O)(=O)O3)C(F)(F)S(=O)(=O)O. The van der Waals surface area contributed by atoms with Crippen molar-refractivity contribution < 1.29 is 48.6 Å². The molecule has 1 spiro atoms. The molecule has 0 bridgehead atoms. The highest BCUT2D eigenvalue weighted by Crippen LogP contribution is 2.73. The van der Waals surface area contributed by atoms with Gasteiger partial charge in [-0.15, -0.1) is 0 Å². The Morgan fingerprint density at radius 2 is 2.00 bits per heavy atom. The van der Waals surface area contributed by atoms with E-state index in [2.05, 4.69) is 4.74 Å². The molecule has 1 N–H and O–H groups in total. The molecule has 0 aromatic heterocycles. The molecule has 22 heavy (non-hydrogen) atoms. The maximum atomic E-state index is 13.4. The summed E-state index contributed by atoms with van der Waals surface area (Å²) in [6.07, 6.45) is -1.82. The number of halogens is 2. The molecule has 2 aliphatic heterocycles. The van der Waals surface area contributed by atoms with Crippen molar-refractivity contribution in [3.63, 3.8) is 0 Å². The number of alkyl halides is 2. The third-order valence-electron chi connectivity index (χ3n) is 4.77. The molecule has 13 heteroatoms. The van der Waals surface area contributed by atoms with E-state index in [4.69, 9.17) is 13.5 Å². The van der Waals surface area contributed by atoms with Gasteiger partial charge in [-0.25, -0.2) is 4.79 Å². The molecule has 0 radical (unpaired) electrons. The summed E-state index contributed by atoms with van der Waals surface area (Å²) >= 11 is 0. The third kappa shape index (κ3) is 1.31. The number of epoxide rings is 1. The minimum Gasteiger partial charge on any atom is -0.446 e. The molecule has 4 fully saturated rings. The Kier molecular flexibility index (Phi) is 2.31. The zero-order valence-electron chi connectivity index (χ0n) is 10.4. The highest BCUT2D eigenvalue weighted by Gasteiger charge is 2.94. The van der Waals surface area contributed by atoms with Gasteiger partial charge in [-0.05, 0) is 6.42 Å². The number of carbonyl (C=O) groups is 1. The van der Waals surface area contributed by atoms with Gasteiger partial charge in [0.2, 0.25) is 0 Å². The highest BCUT2D eigenvalue weighted by molar-refractivity contribution is 7.88. The Labute approximate surface area is 122 Å². The van der Waals surface area contributed by atoms with Gasteiger partial charge >= 0.3 is 21.3 Å². The van der Waals surface area contributed by atoms with Gasteiger partial charge in [0.25, 0.3) is 10.1 Å². The molecule has 9 nitrogen and oxygen atoms in total. The molecule has 124 valence electrons. The first-order valence-electron chi connectivity index (χ1n) is 6.07. The van der Waals surface area contributed by atoms with Crippen LogP contribution in [0.4, 0.5) is 8.78 Å². The van der Waals surface area contributed by atoms with E-state index in [1.54, 1.807) is 0 Å². The molecule has 5 unspecified atom stereocenters. The molecule has 2 saturated heterocycles. The van der Waals surface area contributed by atoms with Gasteiger partial charge in [-0.3, -0.25) is 8.74 Å². The van der Waals surface area contributed by atoms with Gasteiger partial charge in [-0.2, -0.15) is 25.6 Å². The third-order valence-corrected chi connectivity index (χ3v) is 7.33. The van der Waals surface area contributed by atoms with Gasteiger partial charge in [-0.1, -0.05) is 0 Å². The summed E-state index contributed by atoms with van der Waals surface area (Å²) in [5, 5.41) is -6.60. The van der Waals surface area contributed by atoms with E-state index in [0.29, 0.717) is 0 Å². The zero-order chi connectivity index (χ0) is 16.3. The van der Waals surface area contributed by atoms with E-state index in [1.165, 1.54) is 0 Å². The molecule has 0 aromatic rings. The predicted octanol–water partition coefficient (Wildman–Crippen LogP) is -1.21. The topological polar surface area (TPSA) is 137 Å². The average molecular weight is 362 g/mol. The van der Waals surface area contributed by atoms with Crippen molar-refractivity contribution in [2.75, 3.05) is 0 Å². The molecule has 4 rings (SSSR count). The number of rotatable bonds is 3. The first kappa shape index (κ1) is 14.7. The second-order valence-corrected chi connectivity index (χ2v) is 8.89.